The summed E-state index contributed by atoms with van der Waals surface area (Å²) in [5.41, 5.74) is 1.61. The molecule has 0 atom stereocenters. The average Bonchev–Trinajstić information content (AvgIpc) is 3.25. The SMILES string of the molecule is O=C(OC1CCCC1)C1CCC(CN2Cc3ccc(O)cc3C2=O)CC1. The molecule has 3 aliphatic rings. The van der Waals surface area contributed by atoms with Crippen molar-refractivity contribution in [2.75, 3.05) is 6.54 Å². The molecular formula is C21H27NO4. The highest BCUT2D eigenvalue weighted by molar-refractivity contribution is 5.98. The van der Waals surface area contributed by atoms with E-state index < -0.39 is 0 Å². The second-order valence-electron chi connectivity index (χ2n) is 8.09. The maximum atomic E-state index is 12.5. The number of esters is 1. The molecule has 1 heterocycles. The first kappa shape index (κ1) is 17.4. The van der Waals surface area contributed by atoms with Crippen LogP contribution in [0.2, 0.25) is 0 Å². The summed E-state index contributed by atoms with van der Waals surface area (Å²) in [4.78, 5) is 26.7. The lowest BCUT2D eigenvalue weighted by Crippen LogP contribution is -2.33. The molecule has 0 saturated heterocycles. The van der Waals surface area contributed by atoms with Gasteiger partial charge in [-0.2, -0.15) is 0 Å². The summed E-state index contributed by atoms with van der Waals surface area (Å²) in [5.74, 6) is 0.627. The van der Waals surface area contributed by atoms with Crippen molar-refractivity contribution in [2.24, 2.45) is 11.8 Å². The Kier molecular flexibility index (Phi) is 4.88. The smallest absolute Gasteiger partial charge is 0.309 e. The quantitative estimate of drug-likeness (QED) is 0.836. The van der Waals surface area contributed by atoms with Gasteiger partial charge in [0.2, 0.25) is 0 Å². The van der Waals surface area contributed by atoms with Crippen molar-refractivity contribution in [1.29, 1.82) is 0 Å². The zero-order valence-corrected chi connectivity index (χ0v) is 15.2. The Balaban J connectivity index is 1.27. The summed E-state index contributed by atoms with van der Waals surface area (Å²) in [7, 11) is 0. The fourth-order valence-electron chi connectivity index (χ4n) is 4.66. The molecule has 0 spiro atoms. The zero-order valence-electron chi connectivity index (χ0n) is 15.2. The molecule has 1 amide bonds. The van der Waals surface area contributed by atoms with Crippen LogP contribution in [-0.4, -0.2) is 34.5 Å². The number of ether oxygens (including phenoxy) is 1. The van der Waals surface area contributed by atoms with E-state index in [0.29, 0.717) is 18.0 Å². The Morgan fingerprint density at radius 1 is 1.12 bits per heavy atom. The molecule has 0 aromatic heterocycles. The number of phenolic OH excluding ortho intramolecular Hbond substituents is 1. The molecule has 1 aromatic carbocycles. The number of nitrogens with zero attached hydrogens (tertiary/aromatic N) is 1. The Morgan fingerprint density at radius 2 is 1.85 bits per heavy atom. The lowest BCUT2D eigenvalue weighted by molar-refractivity contribution is -0.155. The van der Waals surface area contributed by atoms with Gasteiger partial charge in [-0.05, 0) is 75.0 Å². The average molecular weight is 357 g/mol. The van der Waals surface area contributed by atoms with Crippen molar-refractivity contribution >= 4 is 11.9 Å². The van der Waals surface area contributed by atoms with Crippen molar-refractivity contribution in [3.63, 3.8) is 0 Å². The molecule has 0 bridgehead atoms. The molecule has 5 heteroatoms. The predicted octanol–water partition coefficient (Wildman–Crippen LogP) is 3.64. The number of phenols is 1. The van der Waals surface area contributed by atoms with Gasteiger partial charge in [0.25, 0.3) is 5.91 Å². The number of hydrogen-bond acceptors (Lipinski definition) is 4. The van der Waals surface area contributed by atoms with E-state index in [1.807, 2.05) is 11.0 Å². The van der Waals surface area contributed by atoms with Crippen molar-refractivity contribution in [3.8, 4) is 5.75 Å². The van der Waals surface area contributed by atoms with Crippen molar-refractivity contribution < 1.29 is 19.4 Å². The number of rotatable bonds is 4. The number of carbonyl (C=O) groups excluding carboxylic acids is 2. The molecule has 0 radical (unpaired) electrons. The van der Waals surface area contributed by atoms with Gasteiger partial charge in [-0.3, -0.25) is 9.59 Å². The number of fused-ring (bicyclic) bond motifs is 1. The first-order chi connectivity index (χ1) is 12.6. The molecule has 26 heavy (non-hydrogen) atoms. The third kappa shape index (κ3) is 3.57. The van der Waals surface area contributed by atoms with Crippen molar-refractivity contribution in [2.45, 2.75) is 64.0 Å². The second-order valence-corrected chi connectivity index (χ2v) is 8.09. The number of hydrogen-bond donors (Lipinski definition) is 1. The Labute approximate surface area is 154 Å². The van der Waals surface area contributed by atoms with E-state index in [0.717, 1.165) is 50.6 Å². The fourth-order valence-corrected chi connectivity index (χ4v) is 4.66. The molecule has 2 aliphatic carbocycles. The summed E-state index contributed by atoms with van der Waals surface area (Å²) in [6.07, 6.45) is 8.22. The minimum absolute atomic E-state index is 0.00419. The maximum Gasteiger partial charge on any atom is 0.309 e. The molecule has 5 nitrogen and oxygen atoms in total. The summed E-state index contributed by atoms with van der Waals surface area (Å²) < 4.78 is 5.66. The lowest BCUT2D eigenvalue weighted by atomic mass is 9.82. The first-order valence-corrected chi connectivity index (χ1v) is 9.92. The first-order valence-electron chi connectivity index (χ1n) is 9.92. The zero-order chi connectivity index (χ0) is 18.1. The van der Waals surface area contributed by atoms with Crippen LogP contribution in [0, 0.1) is 11.8 Å². The van der Waals surface area contributed by atoms with Gasteiger partial charge in [0.05, 0.1) is 5.92 Å². The molecule has 4 rings (SSSR count). The van der Waals surface area contributed by atoms with Crippen LogP contribution in [0.15, 0.2) is 18.2 Å². The predicted molar refractivity (Wildman–Crippen MR) is 96.6 cm³/mol. The summed E-state index contributed by atoms with van der Waals surface area (Å²) >= 11 is 0. The Morgan fingerprint density at radius 3 is 2.58 bits per heavy atom. The Hall–Kier alpha value is -2.04. The molecule has 0 unspecified atom stereocenters. The number of benzene rings is 1. The van der Waals surface area contributed by atoms with Gasteiger partial charge in [0, 0.05) is 18.7 Å². The standard InChI is InChI=1S/C21H27NO4/c23-17-10-9-16-13-22(20(24)19(16)11-17)12-14-5-7-15(8-6-14)21(25)26-18-3-1-2-4-18/h9-11,14-15,18,23H,1-8,12-13H2. The monoisotopic (exact) mass is 357 g/mol. The molecular weight excluding hydrogens is 330 g/mol. The molecule has 2 saturated carbocycles. The lowest BCUT2D eigenvalue weighted by Gasteiger charge is -2.30. The minimum atomic E-state index is -0.00419. The van der Waals surface area contributed by atoms with Crippen LogP contribution < -0.4 is 0 Å². The third-order valence-corrected chi connectivity index (χ3v) is 6.22. The molecule has 1 aliphatic heterocycles. The van der Waals surface area contributed by atoms with E-state index in [4.69, 9.17) is 4.74 Å². The Bertz CT molecular complexity index is 687. The molecule has 2 fully saturated rings. The normalized spacial score (nSPS) is 26.2. The highest BCUT2D eigenvalue weighted by Gasteiger charge is 2.33. The van der Waals surface area contributed by atoms with Crippen molar-refractivity contribution in [1.82, 2.24) is 4.90 Å². The van der Waals surface area contributed by atoms with E-state index in [1.165, 1.54) is 12.8 Å². The third-order valence-electron chi connectivity index (χ3n) is 6.22. The van der Waals surface area contributed by atoms with E-state index in [9.17, 15) is 14.7 Å². The van der Waals surface area contributed by atoms with E-state index in [1.54, 1.807) is 12.1 Å². The fraction of sp³-hybridized carbons (Fsp3) is 0.619. The minimum Gasteiger partial charge on any atom is -0.508 e. The van der Waals surface area contributed by atoms with Crippen LogP contribution in [0.25, 0.3) is 0 Å². The van der Waals surface area contributed by atoms with E-state index >= 15 is 0 Å². The molecule has 140 valence electrons. The highest BCUT2D eigenvalue weighted by atomic mass is 16.5. The summed E-state index contributed by atoms with van der Waals surface area (Å²) in [6, 6.07) is 5.03. The number of carbonyl (C=O) groups is 2. The largest absolute Gasteiger partial charge is 0.508 e. The van der Waals surface area contributed by atoms with Gasteiger partial charge in [-0.25, -0.2) is 0 Å². The molecule has 1 N–H and O–H groups in total. The van der Waals surface area contributed by atoms with Gasteiger partial charge in [0.15, 0.2) is 0 Å². The van der Waals surface area contributed by atoms with Crippen LogP contribution in [0.4, 0.5) is 0 Å². The highest BCUT2D eigenvalue weighted by Crippen LogP contribution is 2.34. The maximum absolute atomic E-state index is 12.5. The molecule has 1 aromatic rings. The van der Waals surface area contributed by atoms with Gasteiger partial charge in [0.1, 0.15) is 11.9 Å². The topological polar surface area (TPSA) is 66.8 Å². The second kappa shape index (κ2) is 7.29. The van der Waals surface area contributed by atoms with Crippen LogP contribution in [0.3, 0.4) is 0 Å². The van der Waals surface area contributed by atoms with Gasteiger partial charge in [-0.1, -0.05) is 6.07 Å². The van der Waals surface area contributed by atoms with E-state index in [2.05, 4.69) is 0 Å². The van der Waals surface area contributed by atoms with Crippen molar-refractivity contribution in [3.05, 3.63) is 29.3 Å². The number of aromatic hydroxyl groups is 1. The van der Waals surface area contributed by atoms with Crippen LogP contribution >= 0.6 is 0 Å². The van der Waals surface area contributed by atoms with Crippen LogP contribution in [-0.2, 0) is 16.1 Å². The number of amides is 1. The van der Waals surface area contributed by atoms with Crippen LogP contribution in [0.1, 0.15) is 67.3 Å². The van der Waals surface area contributed by atoms with Gasteiger partial charge >= 0.3 is 5.97 Å². The summed E-state index contributed by atoms with van der Waals surface area (Å²) in [5, 5.41) is 9.59. The summed E-state index contributed by atoms with van der Waals surface area (Å²) in [6.45, 7) is 1.36. The van der Waals surface area contributed by atoms with Gasteiger partial charge in [-0.15, -0.1) is 0 Å². The van der Waals surface area contributed by atoms with Crippen LogP contribution in [0.5, 0.6) is 5.75 Å². The van der Waals surface area contributed by atoms with E-state index in [-0.39, 0.29) is 29.6 Å². The van der Waals surface area contributed by atoms with Gasteiger partial charge < -0.3 is 14.7 Å².